The van der Waals surface area contributed by atoms with Gasteiger partial charge in [-0.2, -0.15) is 13.2 Å². The maximum Gasteiger partial charge on any atom is 0.475 e. The number of nitrogens with one attached hydrogen (secondary N) is 3. The van der Waals surface area contributed by atoms with E-state index in [1.807, 2.05) is 51.1 Å². The number of nitrogens with zero attached hydrogens (tertiary/aromatic N) is 3. The molecule has 3 N–H and O–H groups in total. The van der Waals surface area contributed by atoms with Crippen molar-refractivity contribution in [3.63, 3.8) is 0 Å². The van der Waals surface area contributed by atoms with Crippen molar-refractivity contribution in [2.75, 3.05) is 57.0 Å². The number of morpholine rings is 1. The largest absolute Gasteiger partial charge is 0.475 e. The van der Waals surface area contributed by atoms with Gasteiger partial charge in [-0.1, -0.05) is 18.2 Å². The van der Waals surface area contributed by atoms with Gasteiger partial charge in [-0.05, 0) is 69.5 Å². The molecule has 0 amide bonds. The minimum Gasteiger partial charge on any atom is -0.380 e. The van der Waals surface area contributed by atoms with Crippen LogP contribution in [0.1, 0.15) is 33.6 Å². The smallest absolute Gasteiger partial charge is 0.380 e. The number of fused-ring (bicyclic) bond motifs is 1. The molecule has 0 bridgehead atoms. The van der Waals surface area contributed by atoms with Gasteiger partial charge in [-0.25, -0.2) is 12.6 Å². The third kappa shape index (κ3) is 10.3. The summed E-state index contributed by atoms with van der Waals surface area (Å²) >= 11 is 1.55. The quantitative estimate of drug-likeness (QED) is 0.187. The number of aliphatic imine (C=N–C) groups is 1. The van der Waals surface area contributed by atoms with Gasteiger partial charge in [-0.15, -0.1) is 11.8 Å². The lowest BCUT2D eigenvalue weighted by Gasteiger charge is -2.35. The van der Waals surface area contributed by atoms with E-state index in [2.05, 4.69) is 30.1 Å². The fourth-order valence-electron chi connectivity index (χ4n) is 6.23. The minimum atomic E-state index is -5.12. The van der Waals surface area contributed by atoms with E-state index >= 15 is 0 Å². The number of hydrogen-bond donors (Lipinski definition) is 3. The molecule has 0 spiro atoms. The molecule has 3 saturated heterocycles. The molecule has 3 fully saturated rings. The van der Waals surface area contributed by atoms with Gasteiger partial charge in [0.2, 0.25) is 0 Å². The average Bonchev–Trinajstić information content (AvgIpc) is 3.87. The van der Waals surface area contributed by atoms with Crippen molar-refractivity contribution in [2.24, 2.45) is 4.99 Å². The van der Waals surface area contributed by atoms with Gasteiger partial charge in [0.25, 0.3) is 10.0 Å². The molecule has 0 aromatic heterocycles. The first-order valence-corrected chi connectivity index (χ1v) is 20.8. The summed E-state index contributed by atoms with van der Waals surface area (Å²) in [6.07, 6.45) is 1.87. The van der Waals surface area contributed by atoms with Gasteiger partial charge < -0.3 is 24.8 Å². The van der Waals surface area contributed by atoms with Crippen molar-refractivity contribution in [3.05, 3.63) is 59.9 Å². The van der Waals surface area contributed by atoms with Crippen LogP contribution < -0.4 is 15.4 Å². The summed E-state index contributed by atoms with van der Waals surface area (Å²) in [6.45, 7) is 10.3. The summed E-state index contributed by atoms with van der Waals surface area (Å²) in [4.78, 5) is 8.71. The molecule has 5 unspecified atom stereocenters. The first-order chi connectivity index (χ1) is 24.7. The van der Waals surface area contributed by atoms with Gasteiger partial charge in [0.1, 0.15) is 5.82 Å². The van der Waals surface area contributed by atoms with Gasteiger partial charge in [0, 0.05) is 49.4 Å². The summed E-state index contributed by atoms with van der Waals surface area (Å²) < 4.78 is 102. The van der Waals surface area contributed by atoms with E-state index in [4.69, 9.17) is 14.2 Å². The van der Waals surface area contributed by atoms with Crippen LogP contribution >= 0.6 is 11.8 Å². The molecule has 52 heavy (non-hydrogen) atoms. The number of likely N-dealkylation sites (tertiary alicyclic amines) is 1. The molecule has 0 aliphatic carbocycles. The topological polar surface area (TPSA) is 137 Å². The lowest BCUT2D eigenvalue weighted by Crippen LogP contribution is -2.47. The second-order valence-electron chi connectivity index (χ2n) is 13.9. The predicted octanol–water partition coefficient (Wildman–Crippen LogP) is 4.30. The first-order valence-electron chi connectivity index (χ1n) is 17.1. The number of epoxide rings is 1. The molecule has 5 atom stereocenters. The molecular weight excluding hydrogens is 742 g/mol. The number of halogens is 3. The number of rotatable bonds is 14. The Kier molecular flexibility index (Phi) is 12.3. The summed E-state index contributed by atoms with van der Waals surface area (Å²) in [5.41, 5.74) is -4.81. The molecule has 4 aliphatic rings. The molecule has 2 aromatic rings. The van der Waals surface area contributed by atoms with Crippen molar-refractivity contribution < 1.29 is 40.0 Å². The number of thioether (sulfide) groups is 1. The van der Waals surface area contributed by atoms with E-state index < -0.39 is 36.1 Å². The molecule has 4 heterocycles. The Hall–Kier alpha value is -2.71. The molecular formula is C34H45F3N6O6S3. The lowest BCUT2D eigenvalue weighted by atomic mass is 9.98. The van der Waals surface area contributed by atoms with Crippen LogP contribution in [-0.4, -0.2) is 116 Å². The number of piperidine rings is 1. The number of alkyl halides is 3. The highest BCUT2D eigenvalue weighted by atomic mass is 32.2. The fourth-order valence-corrected chi connectivity index (χ4v) is 9.21. The molecule has 0 radical (unpaired) electrons. The normalized spacial score (nSPS) is 24.2. The van der Waals surface area contributed by atoms with Crippen molar-refractivity contribution in [1.29, 1.82) is 0 Å². The number of ether oxygens (including phenoxy) is 3. The highest BCUT2D eigenvalue weighted by Gasteiger charge is 2.49. The lowest BCUT2D eigenvalue weighted by molar-refractivity contribution is -0.0578. The molecule has 12 nitrogen and oxygen atoms in total. The van der Waals surface area contributed by atoms with Gasteiger partial charge in [-0.3, -0.25) is 19.5 Å². The fraction of sp³-hybridized carbons (Fsp3) is 0.559. The first kappa shape index (κ1) is 39.0. The van der Waals surface area contributed by atoms with E-state index in [1.165, 1.54) is 18.5 Å². The monoisotopic (exact) mass is 786 g/mol. The third-order valence-corrected chi connectivity index (χ3v) is 12.6. The maximum atomic E-state index is 14.0. The zero-order valence-electron chi connectivity index (χ0n) is 29.2. The Balaban J connectivity index is 1.20. The number of benzene rings is 2. The number of sulfonamides is 1. The van der Waals surface area contributed by atoms with Gasteiger partial charge >= 0.3 is 5.51 Å². The van der Waals surface area contributed by atoms with Gasteiger partial charge in [0.05, 0.1) is 46.7 Å². The van der Waals surface area contributed by atoms with Crippen LogP contribution in [0.25, 0.3) is 0 Å². The number of hydrogen-bond acceptors (Lipinski definition) is 12. The Bertz CT molecular complexity index is 1750. The standard InChI is InChI=1S/C34H45F3N6O6S3/c1-33(2,3)49-32-31(48-32)43-14-12-26-28(20-43)38-22-39-30(26)41-52(45,46)25-9-10-27(29(19-25)51(44)34(35,36)37)40-23(11-13-42-15-17-47-18-16-42)21-50-24-7-5-4-6-8-24/h4-10,19,22-23,28,31-32,40-41H,11-18,20-21H2,1-3H3,(H,38,39). The second-order valence-corrected chi connectivity index (χ2v) is 18.1. The van der Waals surface area contributed by atoms with Crippen LogP contribution in [0.4, 0.5) is 18.9 Å². The Morgan fingerprint density at radius 2 is 1.87 bits per heavy atom. The molecule has 2 aromatic carbocycles. The van der Waals surface area contributed by atoms with Crippen LogP contribution in [0.5, 0.6) is 0 Å². The predicted molar refractivity (Wildman–Crippen MR) is 194 cm³/mol. The zero-order chi connectivity index (χ0) is 37.1. The van der Waals surface area contributed by atoms with Crippen LogP contribution in [-0.2, 0) is 35.0 Å². The summed E-state index contributed by atoms with van der Waals surface area (Å²) in [7, 11) is -7.93. The highest BCUT2D eigenvalue weighted by Crippen LogP contribution is 2.36. The van der Waals surface area contributed by atoms with E-state index in [-0.39, 0.29) is 41.7 Å². The van der Waals surface area contributed by atoms with E-state index in [1.54, 1.807) is 11.8 Å². The SMILES string of the molecule is CC(C)(C)OC1OC1N1CCC2=C(NS(=O)(=O)c3ccc(NC(CCN4CCOCC4)CSc4ccccc4)c(S(=O)C(F)(F)F)c3)NC=NC2C1. The Morgan fingerprint density at radius 1 is 1.12 bits per heavy atom. The maximum absolute atomic E-state index is 14.0. The van der Waals surface area contributed by atoms with Crippen molar-refractivity contribution in [2.45, 2.75) is 84.0 Å². The third-order valence-electron chi connectivity index (χ3n) is 8.88. The van der Waals surface area contributed by atoms with E-state index in [9.17, 15) is 25.8 Å². The summed E-state index contributed by atoms with van der Waals surface area (Å²) in [5.74, 6) is 0.703. The Labute approximate surface area is 309 Å². The van der Waals surface area contributed by atoms with Gasteiger partial charge in [0.15, 0.2) is 23.3 Å². The van der Waals surface area contributed by atoms with Crippen molar-refractivity contribution >= 4 is 44.6 Å². The van der Waals surface area contributed by atoms with Crippen LogP contribution in [0, 0.1) is 0 Å². The minimum absolute atomic E-state index is 0.0383. The highest BCUT2D eigenvalue weighted by molar-refractivity contribution is 7.99. The summed E-state index contributed by atoms with van der Waals surface area (Å²) in [6, 6.07) is 12.3. The number of anilines is 1. The molecule has 286 valence electrons. The van der Waals surface area contributed by atoms with Crippen molar-refractivity contribution in [3.8, 4) is 0 Å². The van der Waals surface area contributed by atoms with E-state index in [0.717, 1.165) is 24.1 Å². The second kappa shape index (κ2) is 16.3. The van der Waals surface area contributed by atoms with E-state index in [0.29, 0.717) is 57.0 Å². The summed E-state index contributed by atoms with van der Waals surface area (Å²) in [5, 5.41) is 6.06. The van der Waals surface area contributed by atoms with Crippen molar-refractivity contribution in [1.82, 2.24) is 19.8 Å². The Morgan fingerprint density at radius 3 is 2.58 bits per heavy atom. The molecule has 4 aliphatic heterocycles. The molecule has 0 saturated carbocycles. The average molecular weight is 787 g/mol. The molecule has 18 heteroatoms. The molecule has 6 rings (SSSR count). The van der Waals surface area contributed by atoms with Crippen LogP contribution in [0.3, 0.4) is 0 Å². The zero-order valence-corrected chi connectivity index (χ0v) is 31.7. The van der Waals surface area contributed by atoms with Crippen LogP contribution in [0.15, 0.2) is 79.6 Å². The van der Waals surface area contributed by atoms with Crippen LogP contribution in [0.2, 0.25) is 0 Å².